The van der Waals surface area contributed by atoms with Gasteiger partial charge in [0.05, 0.1) is 0 Å². The molecule has 0 aliphatic heterocycles. The monoisotopic (exact) mass is 347 g/mol. The molecule has 3 aromatic rings. The lowest BCUT2D eigenvalue weighted by Gasteiger charge is -2.26. The molecule has 0 bridgehead atoms. The second-order valence-electron chi connectivity index (χ2n) is 6.02. The molecule has 1 atom stereocenters. The molecule has 1 N–H and O–H groups in total. The highest BCUT2D eigenvalue weighted by molar-refractivity contribution is 5.73. The summed E-state index contributed by atoms with van der Waals surface area (Å²) < 4.78 is 5.80. The van der Waals surface area contributed by atoms with Gasteiger partial charge in [-0.05, 0) is 28.8 Å². The predicted octanol–water partition coefficient (Wildman–Crippen LogP) is 4.59. The Morgan fingerprint density at radius 2 is 1.42 bits per heavy atom. The maximum Gasteiger partial charge on any atom is 0.243 e. The number of amides is 1. The van der Waals surface area contributed by atoms with Crippen LogP contribution in [-0.4, -0.2) is 16.2 Å². The van der Waals surface area contributed by atoms with E-state index in [4.69, 9.17) is 4.74 Å². The van der Waals surface area contributed by atoms with Crippen molar-refractivity contribution in [2.75, 3.05) is 0 Å². The Hall–Kier alpha value is -3.11. The van der Waals surface area contributed by atoms with Gasteiger partial charge < -0.3 is 4.74 Å². The highest BCUT2D eigenvalue weighted by Crippen LogP contribution is 2.29. The van der Waals surface area contributed by atoms with Crippen molar-refractivity contribution in [3.8, 4) is 5.75 Å². The number of carbonyl (C=O) groups excluding carboxylic acids is 1. The quantitative estimate of drug-likeness (QED) is 0.524. The highest BCUT2D eigenvalue weighted by Gasteiger charge is 2.23. The van der Waals surface area contributed by atoms with Gasteiger partial charge in [0.25, 0.3) is 0 Å². The van der Waals surface area contributed by atoms with Crippen LogP contribution in [0.2, 0.25) is 0 Å². The van der Waals surface area contributed by atoms with Gasteiger partial charge in [-0.1, -0.05) is 72.8 Å². The number of hydrogen-bond donors (Lipinski definition) is 1. The third-order valence-electron chi connectivity index (χ3n) is 4.13. The number of carbonyl (C=O) groups is 1. The number of nitrogens with zero attached hydrogens (tertiary/aromatic N) is 1. The Labute approximate surface area is 153 Å². The summed E-state index contributed by atoms with van der Waals surface area (Å²) in [6, 6.07) is 26.2. The maximum absolute atomic E-state index is 11.7. The van der Waals surface area contributed by atoms with E-state index in [0.29, 0.717) is 6.61 Å². The Morgan fingerprint density at radius 3 is 2.00 bits per heavy atom. The summed E-state index contributed by atoms with van der Waals surface area (Å²) in [4.78, 5) is 11.7. The molecular formula is C22H21NO3. The van der Waals surface area contributed by atoms with Crippen LogP contribution in [0.15, 0.2) is 84.9 Å². The topological polar surface area (TPSA) is 49.8 Å². The molecule has 0 radical (unpaired) electrons. The summed E-state index contributed by atoms with van der Waals surface area (Å²) >= 11 is 0. The van der Waals surface area contributed by atoms with Gasteiger partial charge in [-0.25, -0.2) is 5.06 Å². The van der Waals surface area contributed by atoms with Crippen LogP contribution >= 0.6 is 0 Å². The maximum atomic E-state index is 11.7. The van der Waals surface area contributed by atoms with Gasteiger partial charge in [-0.3, -0.25) is 10.0 Å². The Morgan fingerprint density at radius 1 is 0.885 bits per heavy atom. The Balaban J connectivity index is 1.78. The lowest BCUT2D eigenvalue weighted by molar-refractivity contribution is -0.170. The fourth-order valence-corrected chi connectivity index (χ4v) is 2.78. The molecule has 4 nitrogen and oxygen atoms in total. The van der Waals surface area contributed by atoms with Crippen molar-refractivity contribution in [2.45, 2.75) is 19.6 Å². The molecule has 26 heavy (non-hydrogen) atoms. The zero-order valence-corrected chi connectivity index (χ0v) is 14.6. The van der Waals surface area contributed by atoms with Crippen LogP contribution in [0.3, 0.4) is 0 Å². The van der Waals surface area contributed by atoms with Crippen molar-refractivity contribution in [3.05, 3.63) is 102 Å². The van der Waals surface area contributed by atoms with E-state index in [9.17, 15) is 10.0 Å². The van der Waals surface area contributed by atoms with E-state index in [-0.39, 0.29) is 0 Å². The van der Waals surface area contributed by atoms with Gasteiger partial charge in [0.15, 0.2) is 0 Å². The van der Waals surface area contributed by atoms with Crippen LogP contribution in [-0.2, 0) is 11.4 Å². The first-order valence-electron chi connectivity index (χ1n) is 8.45. The van der Waals surface area contributed by atoms with Gasteiger partial charge in [-0.15, -0.1) is 0 Å². The van der Waals surface area contributed by atoms with Crippen LogP contribution in [0.1, 0.15) is 29.7 Å². The molecule has 1 unspecified atom stereocenters. The number of benzene rings is 3. The molecule has 4 heteroatoms. The third-order valence-corrected chi connectivity index (χ3v) is 4.13. The number of rotatable bonds is 6. The molecular weight excluding hydrogens is 326 g/mol. The Bertz CT molecular complexity index is 832. The van der Waals surface area contributed by atoms with Crippen molar-refractivity contribution >= 4 is 5.91 Å². The Kier molecular flexibility index (Phi) is 5.66. The number of hydrogen-bond acceptors (Lipinski definition) is 3. The van der Waals surface area contributed by atoms with Crippen LogP contribution < -0.4 is 4.74 Å². The lowest BCUT2D eigenvalue weighted by atomic mass is 9.98. The summed E-state index contributed by atoms with van der Waals surface area (Å²) in [5.41, 5.74) is 2.74. The minimum absolute atomic E-state index is 0.414. The predicted molar refractivity (Wildman–Crippen MR) is 99.8 cm³/mol. The van der Waals surface area contributed by atoms with E-state index in [1.807, 2.05) is 84.9 Å². The average Bonchev–Trinajstić information content (AvgIpc) is 2.69. The SMILES string of the molecule is CC(=O)N(O)C(c1ccccc1)c1ccc(OCc2ccccc2)cc1. The summed E-state index contributed by atoms with van der Waals surface area (Å²) in [7, 11) is 0. The molecule has 3 rings (SSSR count). The molecule has 0 aromatic heterocycles. The third kappa shape index (κ3) is 4.29. The molecule has 3 aromatic carbocycles. The fraction of sp³-hybridized carbons (Fsp3) is 0.136. The number of ether oxygens (including phenoxy) is 1. The van der Waals surface area contributed by atoms with E-state index >= 15 is 0 Å². The summed E-state index contributed by atoms with van der Waals surface area (Å²) in [6.07, 6.45) is 0. The second-order valence-corrected chi connectivity index (χ2v) is 6.02. The van der Waals surface area contributed by atoms with Crippen molar-refractivity contribution in [3.63, 3.8) is 0 Å². The van der Waals surface area contributed by atoms with Gasteiger partial charge in [0.2, 0.25) is 5.91 Å². The molecule has 0 heterocycles. The van der Waals surface area contributed by atoms with Gasteiger partial charge in [-0.2, -0.15) is 0 Å². The van der Waals surface area contributed by atoms with Crippen LogP contribution in [0.5, 0.6) is 5.75 Å². The van der Waals surface area contributed by atoms with E-state index in [1.54, 1.807) is 0 Å². The van der Waals surface area contributed by atoms with Crippen molar-refractivity contribution in [2.24, 2.45) is 0 Å². The van der Waals surface area contributed by atoms with Crippen LogP contribution in [0.25, 0.3) is 0 Å². The molecule has 0 fully saturated rings. The van der Waals surface area contributed by atoms with Crippen molar-refractivity contribution in [1.82, 2.24) is 5.06 Å². The van der Waals surface area contributed by atoms with E-state index in [0.717, 1.165) is 27.5 Å². The zero-order chi connectivity index (χ0) is 18.4. The largest absolute Gasteiger partial charge is 0.489 e. The molecule has 0 saturated heterocycles. The minimum atomic E-state index is -0.558. The van der Waals surface area contributed by atoms with Crippen LogP contribution in [0, 0.1) is 0 Å². The normalized spacial score (nSPS) is 11.6. The molecule has 132 valence electrons. The summed E-state index contributed by atoms with van der Waals surface area (Å²) in [5, 5.41) is 11.0. The first-order valence-corrected chi connectivity index (χ1v) is 8.45. The fourth-order valence-electron chi connectivity index (χ4n) is 2.78. The zero-order valence-electron chi connectivity index (χ0n) is 14.6. The minimum Gasteiger partial charge on any atom is -0.489 e. The smallest absolute Gasteiger partial charge is 0.243 e. The molecule has 0 aliphatic carbocycles. The van der Waals surface area contributed by atoms with Crippen LogP contribution in [0.4, 0.5) is 0 Å². The van der Waals surface area contributed by atoms with Gasteiger partial charge in [0.1, 0.15) is 18.4 Å². The first kappa shape index (κ1) is 17.7. The van der Waals surface area contributed by atoms with E-state index < -0.39 is 11.9 Å². The van der Waals surface area contributed by atoms with Gasteiger partial charge >= 0.3 is 0 Å². The molecule has 0 spiro atoms. The lowest BCUT2D eigenvalue weighted by Crippen LogP contribution is -2.30. The highest BCUT2D eigenvalue weighted by atomic mass is 16.5. The van der Waals surface area contributed by atoms with E-state index in [2.05, 4.69) is 0 Å². The molecule has 1 amide bonds. The van der Waals surface area contributed by atoms with Crippen molar-refractivity contribution in [1.29, 1.82) is 0 Å². The second kappa shape index (κ2) is 8.32. The standard InChI is InChI=1S/C22H21NO3/c1-17(24)23(25)22(19-10-6-3-7-11-19)20-12-14-21(15-13-20)26-16-18-8-4-2-5-9-18/h2-15,22,25H,16H2,1H3. The van der Waals surface area contributed by atoms with Crippen molar-refractivity contribution < 1.29 is 14.7 Å². The summed E-state index contributed by atoms with van der Waals surface area (Å²) in [6.45, 7) is 1.83. The van der Waals surface area contributed by atoms with E-state index in [1.165, 1.54) is 6.92 Å². The van der Waals surface area contributed by atoms with Gasteiger partial charge in [0, 0.05) is 6.92 Å². The molecule has 0 aliphatic rings. The average molecular weight is 347 g/mol. The first-order chi connectivity index (χ1) is 12.6. The molecule has 0 saturated carbocycles. The number of hydroxylamine groups is 2. The summed E-state index contributed by atoms with van der Waals surface area (Å²) in [5.74, 6) is 0.319.